The van der Waals surface area contributed by atoms with Crippen LogP contribution in [0.3, 0.4) is 0 Å². The summed E-state index contributed by atoms with van der Waals surface area (Å²) < 4.78 is 7.42. The van der Waals surface area contributed by atoms with Crippen molar-refractivity contribution >= 4 is 23.6 Å². The number of hydrogen-bond donors (Lipinski definition) is 0. The lowest BCUT2D eigenvalue weighted by atomic mass is 10.1. The monoisotopic (exact) mass is 430 g/mol. The lowest BCUT2D eigenvalue weighted by molar-refractivity contribution is 0.0664. The molecule has 0 radical (unpaired) electrons. The van der Waals surface area contributed by atoms with Crippen LogP contribution in [0.1, 0.15) is 26.5 Å². The van der Waals surface area contributed by atoms with Gasteiger partial charge in [0, 0.05) is 18.0 Å². The van der Waals surface area contributed by atoms with E-state index in [-0.39, 0.29) is 11.8 Å². The van der Waals surface area contributed by atoms with E-state index in [1.807, 2.05) is 47.9 Å². The molecule has 2 aromatic heterocycles. The highest BCUT2D eigenvalue weighted by Gasteiger charge is 2.34. The van der Waals surface area contributed by atoms with Gasteiger partial charge in [0.25, 0.3) is 11.8 Å². The Morgan fingerprint density at radius 3 is 2.19 bits per heavy atom. The quantitative estimate of drug-likeness (QED) is 0.336. The van der Waals surface area contributed by atoms with E-state index in [9.17, 15) is 9.59 Å². The number of fused-ring (bicyclic) bond motifs is 1. The zero-order valence-corrected chi connectivity index (χ0v) is 17.5. The Labute approximate surface area is 182 Å². The highest BCUT2D eigenvalue weighted by molar-refractivity contribution is 7.99. The predicted octanol–water partition coefficient (Wildman–Crippen LogP) is 4.22. The fraction of sp³-hybridized carbons (Fsp3) is 0.130. The molecule has 3 heterocycles. The predicted molar refractivity (Wildman–Crippen MR) is 116 cm³/mol. The number of hydrogen-bond acceptors (Lipinski definition) is 6. The summed E-state index contributed by atoms with van der Waals surface area (Å²) in [5, 5.41) is 9.45. The molecule has 0 N–H and O–H groups in total. The van der Waals surface area contributed by atoms with E-state index >= 15 is 0 Å². The van der Waals surface area contributed by atoms with Crippen LogP contribution < -0.4 is 0 Å². The first-order valence-corrected chi connectivity index (χ1v) is 10.8. The maximum absolute atomic E-state index is 12.6. The van der Waals surface area contributed by atoms with E-state index in [0.29, 0.717) is 34.4 Å². The van der Waals surface area contributed by atoms with Crippen LogP contribution in [0, 0.1) is 6.92 Å². The molecule has 0 bridgehead atoms. The van der Waals surface area contributed by atoms with Crippen LogP contribution in [0.5, 0.6) is 0 Å². The minimum absolute atomic E-state index is 0.250. The van der Waals surface area contributed by atoms with Crippen molar-refractivity contribution in [3.05, 3.63) is 83.8 Å². The van der Waals surface area contributed by atoms with E-state index in [4.69, 9.17) is 4.42 Å². The van der Waals surface area contributed by atoms with Gasteiger partial charge in [0.1, 0.15) is 5.76 Å². The summed E-state index contributed by atoms with van der Waals surface area (Å²) in [5.41, 5.74) is 2.71. The Balaban J connectivity index is 1.39. The molecule has 0 unspecified atom stereocenters. The van der Waals surface area contributed by atoms with Gasteiger partial charge in [0.05, 0.1) is 23.0 Å². The van der Waals surface area contributed by atoms with Gasteiger partial charge in [-0.1, -0.05) is 42.1 Å². The molecule has 0 fully saturated rings. The molecular weight excluding hydrogens is 412 g/mol. The van der Waals surface area contributed by atoms with E-state index in [2.05, 4.69) is 10.2 Å². The van der Waals surface area contributed by atoms with E-state index in [1.165, 1.54) is 16.7 Å². The number of aryl methyl sites for hydroxylation is 1. The Kier molecular flexibility index (Phi) is 4.91. The summed E-state index contributed by atoms with van der Waals surface area (Å²) in [7, 11) is 0. The molecule has 154 valence electrons. The van der Waals surface area contributed by atoms with Gasteiger partial charge in [-0.15, -0.1) is 10.2 Å². The van der Waals surface area contributed by atoms with Gasteiger partial charge in [0.2, 0.25) is 0 Å². The second-order valence-electron chi connectivity index (χ2n) is 7.02. The molecule has 8 heteroatoms. The first-order chi connectivity index (χ1) is 15.1. The molecule has 0 saturated heterocycles. The van der Waals surface area contributed by atoms with E-state index < -0.39 is 0 Å². The average molecular weight is 430 g/mol. The largest absolute Gasteiger partial charge is 0.469 e. The van der Waals surface area contributed by atoms with Crippen LogP contribution in [0.2, 0.25) is 0 Å². The molecule has 0 atom stereocenters. The average Bonchev–Trinajstić information content (AvgIpc) is 3.47. The number of carbonyl (C=O) groups excluding carboxylic acids is 2. The lowest BCUT2D eigenvalue weighted by Gasteiger charge is -2.14. The maximum atomic E-state index is 12.6. The molecule has 0 saturated carbocycles. The second-order valence-corrected chi connectivity index (χ2v) is 8.09. The van der Waals surface area contributed by atoms with Crippen molar-refractivity contribution in [1.29, 1.82) is 0 Å². The molecule has 7 nitrogen and oxygen atoms in total. The number of carbonyl (C=O) groups is 2. The Bertz CT molecular complexity index is 1240. The third-order valence-electron chi connectivity index (χ3n) is 5.17. The third kappa shape index (κ3) is 3.34. The number of amides is 2. The minimum Gasteiger partial charge on any atom is -0.469 e. The number of thioether (sulfide) groups is 1. The zero-order chi connectivity index (χ0) is 21.4. The van der Waals surface area contributed by atoms with Crippen LogP contribution in [0.15, 0.2) is 76.5 Å². The highest BCUT2D eigenvalue weighted by Crippen LogP contribution is 2.30. The number of nitrogens with zero attached hydrogens (tertiary/aromatic N) is 4. The third-order valence-corrected chi connectivity index (χ3v) is 6.08. The van der Waals surface area contributed by atoms with Gasteiger partial charge in [-0.2, -0.15) is 0 Å². The van der Waals surface area contributed by atoms with Crippen molar-refractivity contribution in [2.45, 2.75) is 12.1 Å². The van der Waals surface area contributed by atoms with Crippen LogP contribution in [-0.4, -0.2) is 43.8 Å². The highest BCUT2D eigenvalue weighted by atomic mass is 32.2. The Morgan fingerprint density at radius 2 is 1.55 bits per heavy atom. The summed E-state index contributed by atoms with van der Waals surface area (Å²) in [5.74, 6) is 1.44. The van der Waals surface area contributed by atoms with Gasteiger partial charge in [0.15, 0.2) is 11.0 Å². The Morgan fingerprint density at radius 1 is 0.871 bits per heavy atom. The van der Waals surface area contributed by atoms with Crippen LogP contribution in [0.4, 0.5) is 0 Å². The first-order valence-electron chi connectivity index (χ1n) is 9.78. The fourth-order valence-corrected chi connectivity index (χ4v) is 4.51. The number of imide groups is 1. The number of rotatable bonds is 6. The topological polar surface area (TPSA) is 81.2 Å². The van der Waals surface area contributed by atoms with Crippen LogP contribution in [-0.2, 0) is 0 Å². The SMILES string of the molecule is Cc1occc1-c1nnc(SCCN2C(=O)c3ccccc3C2=O)n1-c1ccccc1. The summed E-state index contributed by atoms with van der Waals surface area (Å²) in [6.45, 7) is 2.17. The minimum atomic E-state index is -0.250. The number of furan rings is 1. The number of para-hydroxylation sites is 1. The van der Waals surface area contributed by atoms with Gasteiger partial charge in [-0.05, 0) is 37.3 Å². The van der Waals surface area contributed by atoms with E-state index in [1.54, 1.807) is 30.5 Å². The zero-order valence-electron chi connectivity index (χ0n) is 16.7. The second kappa shape index (κ2) is 7.88. The van der Waals surface area contributed by atoms with Gasteiger partial charge in [-0.25, -0.2) is 0 Å². The summed E-state index contributed by atoms with van der Waals surface area (Å²) >= 11 is 1.45. The van der Waals surface area contributed by atoms with Gasteiger partial charge >= 0.3 is 0 Å². The molecule has 2 amide bonds. The summed E-state index contributed by atoms with van der Waals surface area (Å²) in [4.78, 5) is 26.5. The number of aromatic nitrogens is 3. The fourth-order valence-electron chi connectivity index (χ4n) is 3.64. The van der Waals surface area contributed by atoms with Crippen molar-refractivity contribution < 1.29 is 14.0 Å². The van der Waals surface area contributed by atoms with Crippen molar-refractivity contribution in [2.75, 3.05) is 12.3 Å². The standard InChI is InChI=1S/C23H18N4O3S/c1-15-17(11-13-30-15)20-24-25-23(27(20)16-7-3-2-4-8-16)31-14-12-26-21(28)18-9-5-6-10-19(18)22(26)29/h2-11,13H,12,14H2,1H3. The van der Waals surface area contributed by atoms with Crippen molar-refractivity contribution in [2.24, 2.45) is 0 Å². The molecule has 4 aromatic rings. The molecule has 0 spiro atoms. The number of benzene rings is 2. The van der Waals surface area contributed by atoms with Gasteiger partial charge < -0.3 is 4.42 Å². The summed E-state index contributed by atoms with van der Waals surface area (Å²) in [6, 6.07) is 18.6. The first kappa shape index (κ1) is 19.3. The molecule has 2 aromatic carbocycles. The van der Waals surface area contributed by atoms with Crippen molar-refractivity contribution in [1.82, 2.24) is 19.7 Å². The normalized spacial score (nSPS) is 13.1. The maximum Gasteiger partial charge on any atom is 0.261 e. The Hall–Kier alpha value is -3.65. The molecule has 5 rings (SSSR count). The van der Waals surface area contributed by atoms with Crippen molar-refractivity contribution in [3.63, 3.8) is 0 Å². The van der Waals surface area contributed by atoms with Crippen LogP contribution in [0.25, 0.3) is 17.1 Å². The summed E-state index contributed by atoms with van der Waals surface area (Å²) in [6.07, 6.45) is 1.63. The van der Waals surface area contributed by atoms with Crippen molar-refractivity contribution in [3.8, 4) is 17.1 Å². The lowest BCUT2D eigenvalue weighted by Crippen LogP contribution is -2.31. The molecule has 0 aliphatic carbocycles. The molecular formula is C23H18N4O3S. The van der Waals surface area contributed by atoms with Crippen LogP contribution >= 0.6 is 11.8 Å². The molecule has 1 aliphatic rings. The molecule has 1 aliphatic heterocycles. The van der Waals surface area contributed by atoms with E-state index in [0.717, 1.165) is 17.0 Å². The smallest absolute Gasteiger partial charge is 0.261 e. The molecule has 31 heavy (non-hydrogen) atoms. The van der Waals surface area contributed by atoms with Gasteiger partial charge in [-0.3, -0.25) is 19.1 Å².